The number of hydrogen-bond donors (Lipinski definition) is 2. The van der Waals surface area contributed by atoms with Gasteiger partial charge in [0, 0.05) is 13.1 Å². The van der Waals surface area contributed by atoms with Crippen LogP contribution in [0.4, 0.5) is 4.39 Å². The van der Waals surface area contributed by atoms with Crippen molar-refractivity contribution in [2.75, 3.05) is 19.6 Å². The second kappa shape index (κ2) is 3.13. The van der Waals surface area contributed by atoms with Gasteiger partial charge in [-0.05, 0) is 6.54 Å². The Bertz CT molecular complexity index is 87.1. The number of likely N-dealkylation sites (N-methyl/N-ethyl adjacent to an activating group) is 1. The molecule has 2 atom stereocenters. The third-order valence-corrected chi connectivity index (χ3v) is 1.61. The van der Waals surface area contributed by atoms with Crippen LogP contribution >= 0.6 is 0 Å². The standard InChI is InChI=1S/C6H13FN2/c1-2-9-6-4-8-3-5(6)7/h5-6,8-9H,2-4H2,1H3/t5-,6+/m0/s1. The lowest BCUT2D eigenvalue weighted by Gasteiger charge is -2.10. The van der Waals surface area contributed by atoms with Crippen LogP contribution in [0.15, 0.2) is 0 Å². The van der Waals surface area contributed by atoms with Crippen LogP contribution in [0.25, 0.3) is 0 Å². The van der Waals surface area contributed by atoms with Crippen molar-refractivity contribution in [1.29, 1.82) is 0 Å². The van der Waals surface area contributed by atoms with Gasteiger partial charge in [0.05, 0.1) is 6.04 Å². The first-order chi connectivity index (χ1) is 4.34. The number of alkyl halides is 1. The normalized spacial score (nSPS) is 35.3. The summed E-state index contributed by atoms with van der Waals surface area (Å²) < 4.78 is 12.7. The molecule has 0 aliphatic carbocycles. The Labute approximate surface area is 54.8 Å². The molecule has 2 N–H and O–H groups in total. The van der Waals surface area contributed by atoms with E-state index in [-0.39, 0.29) is 6.04 Å². The number of halogens is 1. The summed E-state index contributed by atoms with van der Waals surface area (Å²) >= 11 is 0. The van der Waals surface area contributed by atoms with Crippen molar-refractivity contribution in [2.24, 2.45) is 0 Å². The molecule has 1 rings (SSSR count). The van der Waals surface area contributed by atoms with Gasteiger partial charge in [-0.1, -0.05) is 6.92 Å². The van der Waals surface area contributed by atoms with Crippen LogP contribution in [0.5, 0.6) is 0 Å². The van der Waals surface area contributed by atoms with E-state index in [1.54, 1.807) is 0 Å². The molecule has 54 valence electrons. The summed E-state index contributed by atoms with van der Waals surface area (Å²) in [6, 6.07) is 0.0509. The topological polar surface area (TPSA) is 24.1 Å². The van der Waals surface area contributed by atoms with Gasteiger partial charge in [0.1, 0.15) is 6.17 Å². The van der Waals surface area contributed by atoms with Crippen LogP contribution < -0.4 is 10.6 Å². The van der Waals surface area contributed by atoms with Gasteiger partial charge in [-0.3, -0.25) is 0 Å². The van der Waals surface area contributed by atoms with E-state index in [1.165, 1.54) is 0 Å². The van der Waals surface area contributed by atoms with Crippen molar-refractivity contribution in [3.8, 4) is 0 Å². The number of nitrogens with one attached hydrogen (secondary N) is 2. The van der Waals surface area contributed by atoms with Crippen LogP contribution in [0.1, 0.15) is 6.92 Å². The fourth-order valence-electron chi connectivity index (χ4n) is 1.11. The average molecular weight is 132 g/mol. The summed E-state index contributed by atoms with van der Waals surface area (Å²) in [5, 5.41) is 6.03. The quantitative estimate of drug-likeness (QED) is 0.548. The van der Waals surface area contributed by atoms with E-state index in [9.17, 15) is 4.39 Å². The largest absolute Gasteiger partial charge is 0.312 e. The Hall–Kier alpha value is -0.150. The summed E-state index contributed by atoms with van der Waals surface area (Å²) in [5.74, 6) is 0. The van der Waals surface area contributed by atoms with E-state index in [1.807, 2.05) is 6.92 Å². The molecule has 0 amide bonds. The number of hydrogen-bond acceptors (Lipinski definition) is 2. The Morgan fingerprint density at radius 3 is 2.89 bits per heavy atom. The third kappa shape index (κ3) is 1.63. The lowest BCUT2D eigenvalue weighted by atomic mass is 10.2. The minimum atomic E-state index is -0.690. The molecule has 9 heavy (non-hydrogen) atoms. The molecule has 1 heterocycles. The monoisotopic (exact) mass is 132 g/mol. The minimum Gasteiger partial charge on any atom is -0.312 e. The van der Waals surface area contributed by atoms with Gasteiger partial charge in [0.25, 0.3) is 0 Å². The van der Waals surface area contributed by atoms with E-state index in [0.717, 1.165) is 13.1 Å². The summed E-state index contributed by atoms with van der Waals surface area (Å²) in [5.41, 5.74) is 0. The lowest BCUT2D eigenvalue weighted by molar-refractivity contribution is 0.302. The van der Waals surface area contributed by atoms with Crippen molar-refractivity contribution < 1.29 is 4.39 Å². The molecule has 0 saturated carbocycles. The van der Waals surface area contributed by atoms with Crippen LogP contribution in [-0.2, 0) is 0 Å². The molecule has 1 fully saturated rings. The minimum absolute atomic E-state index is 0.0509. The Morgan fingerprint density at radius 2 is 2.44 bits per heavy atom. The maximum atomic E-state index is 12.7. The molecule has 1 saturated heterocycles. The molecule has 0 bridgehead atoms. The fourth-order valence-corrected chi connectivity index (χ4v) is 1.11. The van der Waals surface area contributed by atoms with Gasteiger partial charge >= 0.3 is 0 Å². The highest BCUT2D eigenvalue weighted by Gasteiger charge is 2.24. The van der Waals surface area contributed by atoms with Crippen molar-refractivity contribution in [2.45, 2.75) is 19.1 Å². The van der Waals surface area contributed by atoms with Crippen LogP contribution in [0, 0.1) is 0 Å². The number of rotatable bonds is 2. The third-order valence-electron chi connectivity index (χ3n) is 1.61. The molecule has 0 aromatic rings. The highest BCUT2D eigenvalue weighted by Crippen LogP contribution is 2.02. The molecule has 0 aromatic heterocycles. The summed E-state index contributed by atoms with van der Waals surface area (Å²) in [6.07, 6.45) is -0.690. The van der Waals surface area contributed by atoms with Gasteiger partial charge in [0.15, 0.2) is 0 Å². The van der Waals surface area contributed by atoms with Gasteiger partial charge in [-0.15, -0.1) is 0 Å². The SMILES string of the molecule is CCN[C@@H]1CNC[C@@H]1F. The van der Waals surface area contributed by atoms with Crippen LogP contribution in [0.2, 0.25) is 0 Å². The molecule has 1 aliphatic heterocycles. The van der Waals surface area contributed by atoms with E-state index in [2.05, 4.69) is 10.6 Å². The second-order valence-electron chi connectivity index (χ2n) is 2.34. The summed E-state index contributed by atoms with van der Waals surface area (Å²) in [4.78, 5) is 0. The van der Waals surface area contributed by atoms with Gasteiger partial charge < -0.3 is 10.6 Å². The Kier molecular flexibility index (Phi) is 2.42. The van der Waals surface area contributed by atoms with E-state index in [0.29, 0.717) is 6.54 Å². The van der Waals surface area contributed by atoms with E-state index < -0.39 is 6.17 Å². The molecule has 3 heteroatoms. The molecule has 0 spiro atoms. The zero-order valence-electron chi connectivity index (χ0n) is 5.65. The molecule has 0 radical (unpaired) electrons. The average Bonchev–Trinajstić information content (AvgIpc) is 2.18. The smallest absolute Gasteiger partial charge is 0.129 e. The summed E-state index contributed by atoms with van der Waals surface area (Å²) in [6.45, 7) is 4.13. The maximum Gasteiger partial charge on any atom is 0.129 e. The fraction of sp³-hybridized carbons (Fsp3) is 1.00. The maximum absolute atomic E-state index is 12.7. The first kappa shape index (κ1) is 6.96. The molecular weight excluding hydrogens is 119 g/mol. The predicted octanol–water partition coefficient (Wildman–Crippen LogP) is -0.0942. The van der Waals surface area contributed by atoms with Crippen molar-refractivity contribution in [1.82, 2.24) is 10.6 Å². The molecular formula is C6H13FN2. The second-order valence-corrected chi connectivity index (χ2v) is 2.34. The Morgan fingerprint density at radius 1 is 1.67 bits per heavy atom. The van der Waals surface area contributed by atoms with Crippen molar-refractivity contribution in [3.05, 3.63) is 0 Å². The van der Waals surface area contributed by atoms with E-state index in [4.69, 9.17) is 0 Å². The van der Waals surface area contributed by atoms with Crippen molar-refractivity contribution >= 4 is 0 Å². The Balaban J connectivity index is 2.22. The lowest BCUT2D eigenvalue weighted by Crippen LogP contribution is -2.36. The first-order valence-corrected chi connectivity index (χ1v) is 3.42. The van der Waals surface area contributed by atoms with E-state index >= 15 is 0 Å². The zero-order chi connectivity index (χ0) is 6.69. The zero-order valence-corrected chi connectivity index (χ0v) is 5.65. The molecule has 0 aromatic carbocycles. The highest BCUT2D eigenvalue weighted by atomic mass is 19.1. The first-order valence-electron chi connectivity index (χ1n) is 3.42. The van der Waals surface area contributed by atoms with Gasteiger partial charge in [-0.25, -0.2) is 4.39 Å². The van der Waals surface area contributed by atoms with Crippen LogP contribution in [-0.4, -0.2) is 31.8 Å². The predicted molar refractivity (Wildman–Crippen MR) is 35.2 cm³/mol. The molecule has 2 nitrogen and oxygen atoms in total. The molecule has 0 unspecified atom stereocenters. The molecule has 1 aliphatic rings. The summed E-state index contributed by atoms with van der Waals surface area (Å²) in [7, 11) is 0. The van der Waals surface area contributed by atoms with Gasteiger partial charge in [0.2, 0.25) is 0 Å². The van der Waals surface area contributed by atoms with Gasteiger partial charge in [-0.2, -0.15) is 0 Å². The highest BCUT2D eigenvalue weighted by molar-refractivity contribution is 4.85. The van der Waals surface area contributed by atoms with Crippen LogP contribution in [0.3, 0.4) is 0 Å². The van der Waals surface area contributed by atoms with Crippen molar-refractivity contribution in [3.63, 3.8) is 0 Å².